The fourth-order valence-electron chi connectivity index (χ4n) is 10.6. The molecule has 504 valence electrons. The van der Waals surface area contributed by atoms with Crippen molar-refractivity contribution in [1.82, 2.24) is 9.91 Å². The van der Waals surface area contributed by atoms with Gasteiger partial charge in [0.25, 0.3) is 11.7 Å². The molecule has 16 N–H and O–H groups in total. The summed E-state index contributed by atoms with van der Waals surface area (Å²) in [4.78, 5) is 59.1. The van der Waals surface area contributed by atoms with Gasteiger partial charge in [-0.3, -0.25) is 29.4 Å². The topological polar surface area (TPSA) is 398 Å². The number of allylic oxidation sites excluding steroid dienone is 2. The Balaban J connectivity index is 0.000000342. The van der Waals surface area contributed by atoms with Crippen molar-refractivity contribution in [3.63, 3.8) is 0 Å². The zero-order valence-electron chi connectivity index (χ0n) is 54.1. The van der Waals surface area contributed by atoms with Crippen LogP contribution in [-0.2, 0) is 23.8 Å². The molecule has 0 unspecified atom stereocenters. The number of Topliss-reactive ketones (excluding diaryl/α,β-unsaturated/α-hetero) is 1. The molecule has 0 radical (unpaired) electrons. The van der Waals surface area contributed by atoms with Crippen LogP contribution in [0, 0.1) is 30.6 Å². The summed E-state index contributed by atoms with van der Waals surface area (Å²) in [6, 6.07) is 14.1. The number of fused-ring (bicyclic) bond motifs is 14. The van der Waals surface area contributed by atoms with Crippen LogP contribution in [0.15, 0.2) is 110 Å². The van der Waals surface area contributed by atoms with Gasteiger partial charge in [-0.25, -0.2) is 0 Å². The molecule has 8 rings (SSSR count). The van der Waals surface area contributed by atoms with Gasteiger partial charge >= 0.3 is 11.8 Å². The number of carbonyl (C=O) groups is 3. The van der Waals surface area contributed by atoms with E-state index in [1.807, 2.05) is 7.05 Å². The molecule has 9 atom stereocenters. The second-order valence-electron chi connectivity index (χ2n) is 23.3. The van der Waals surface area contributed by atoms with E-state index in [2.05, 4.69) is 45.9 Å². The third-order valence-electron chi connectivity index (χ3n) is 16.2. The van der Waals surface area contributed by atoms with Gasteiger partial charge in [0, 0.05) is 122 Å². The predicted molar refractivity (Wildman–Crippen MR) is 365 cm³/mol. The second kappa shape index (κ2) is 33.8. The van der Waals surface area contributed by atoms with Crippen molar-refractivity contribution in [3.8, 4) is 23.0 Å². The third-order valence-corrected chi connectivity index (χ3v) is 16.7. The Labute approximate surface area is 551 Å². The molecule has 4 aromatic rings. The van der Waals surface area contributed by atoms with Gasteiger partial charge in [0.1, 0.15) is 23.4 Å². The zero-order valence-corrected chi connectivity index (χ0v) is 55.6. The summed E-state index contributed by atoms with van der Waals surface area (Å²) in [5.41, 5.74) is 24.4. The fourth-order valence-corrected chi connectivity index (χ4v) is 10.9. The summed E-state index contributed by atoms with van der Waals surface area (Å²) < 4.78 is 23.6. The monoisotopic (exact) mass is 1330 g/mol. The van der Waals surface area contributed by atoms with Crippen LogP contribution in [0.3, 0.4) is 0 Å². The number of piperazine rings is 1. The molecule has 28 heteroatoms. The van der Waals surface area contributed by atoms with E-state index in [-0.39, 0.29) is 68.3 Å². The first kappa shape index (κ1) is 73.4. The van der Waals surface area contributed by atoms with Crippen LogP contribution in [0.4, 0.5) is 17.1 Å². The number of amides is 1. The number of ether oxygens (including phenoxy) is 4. The summed E-state index contributed by atoms with van der Waals surface area (Å²) in [5.74, 6) is -7.78. The Kier molecular flexibility index (Phi) is 26.7. The van der Waals surface area contributed by atoms with Gasteiger partial charge in [-0.15, -0.1) is 0 Å². The summed E-state index contributed by atoms with van der Waals surface area (Å²) >= 11 is 11.7. The molecule has 0 aliphatic carbocycles. The highest BCUT2D eigenvalue weighted by Gasteiger charge is 2.50. The van der Waals surface area contributed by atoms with Crippen molar-refractivity contribution >= 4 is 98.7 Å². The van der Waals surface area contributed by atoms with Crippen LogP contribution in [0.25, 0.3) is 10.8 Å². The van der Waals surface area contributed by atoms with Gasteiger partial charge in [0.15, 0.2) is 5.75 Å². The second-order valence-corrected chi connectivity index (χ2v) is 24.1. The minimum absolute atomic E-state index is 0.0559. The van der Waals surface area contributed by atoms with Crippen LogP contribution in [0.5, 0.6) is 23.0 Å². The molecule has 0 saturated carbocycles. The van der Waals surface area contributed by atoms with Crippen molar-refractivity contribution < 1.29 is 58.9 Å². The molecule has 0 aromatic heterocycles. The maximum Gasteiger partial charge on any atom is 0.312 e. The van der Waals surface area contributed by atoms with E-state index in [1.54, 1.807) is 93.4 Å². The number of guanidine groups is 4. The molecular weight excluding hydrogens is 1240 g/mol. The number of hydrazone groups is 1. The number of methoxy groups -OCH3 is 1. The van der Waals surface area contributed by atoms with Crippen LogP contribution in [0.1, 0.15) is 95.6 Å². The maximum atomic E-state index is 14.4. The lowest BCUT2D eigenvalue weighted by Crippen LogP contribution is -2.46. The number of carbonyl (C=O) groups excluding carboxylic acids is 3. The molecule has 26 nitrogen and oxygen atoms in total. The van der Waals surface area contributed by atoms with E-state index < -0.39 is 88.8 Å². The van der Waals surface area contributed by atoms with Gasteiger partial charge in [0.05, 0.1) is 53.0 Å². The molecule has 1 saturated heterocycles. The van der Waals surface area contributed by atoms with E-state index in [4.69, 9.17) is 65.1 Å². The lowest BCUT2D eigenvalue weighted by molar-refractivity contribution is -0.160. The number of aliphatic imine (C=N–C) groups is 4. The SMILES string of the molecule is CO[C@H]1/C=C/O[C@@]2(C)Oc3c(C)c(O)c4c(O)c(c(/C=N/N5CCN(C)CC5)c(O)c4c3C2=O)NC(=O)/C(C)=C\C=C\[C@H](C)[C@H](O)[C@@H](C)[C@@H](O)[C@@H](C)[C@H](OC(C)=O)[C@@H]1C.NC(=NCCCCCCN=C(N)N=C(N)Nc1ccc(Cl)cc1)N=C(N)Nc1ccc(Cl)cc1. The lowest BCUT2D eigenvalue weighted by atomic mass is 9.78. The summed E-state index contributed by atoms with van der Waals surface area (Å²) in [6.45, 7) is 16.2. The van der Waals surface area contributed by atoms with Crippen molar-refractivity contribution in [1.29, 1.82) is 0 Å². The number of ketones is 1. The molecular formula is C65H88Cl2N14O12. The number of aliphatic hydroxyl groups is 2. The molecule has 4 aromatic carbocycles. The highest BCUT2D eigenvalue weighted by Crippen LogP contribution is 2.55. The lowest BCUT2D eigenvalue weighted by Gasteiger charge is -2.38. The number of nitrogens with two attached hydrogens (primary N) is 4. The van der Waals surface area contributed by atoms with Crippen molar-refractivity contribution in [3.05, 3.63) is 111 Å². The van der Waals surface area contributed by atoms with Gasteiger partial charge in [-0.05, 0) is 88.3 Å². The van der Waals surface area contributed by atoms with Crippen molar-refractivity contribution in [2.45, 2.75) is 111 Å². The summed E-state index contributed by atoms with van der Waals surface area (Å²) in [5, 5.41) is 74.0. The van der Waals surface area contributed by atoms with Crippen molar-refractivity contribution in [2.24, 2.45) is 71.7 Å². The van der Waals surface area contributed by atoms with E-state index >= 15 is 0 Å². The number of unbranched alkanes of at least 4 members (excludes halogenated alkanes) is 3. The number of benzene rings is 4. The number of phenols is 3. The quantitative estimate of drug-likeness (QED) is 0.0152. The van der Waals surface area contributed by atoms with Gasteiger partial charge < -0.3 is 88.3 Å². The number of anilines is 3. The van der Waals surface area contributed by atoms with Crippen LogP contribution in [0.2, 0.25) is 10.0 Å². The Bertz CT molecular complexity index is 3450. The Morgan fingerprint density at radius 2 is 1.32 bits per heavy atom. The molecule has 4 aliphatic heterocycles. The number of nitrogens with one attached hydrogen (secondary N) is 3. The highest BCUT2D eigenvalue weighted by atomic mass is 35.5. The number of nitrogens with zero attached hydrogens (tertiary/aromatic N) is 7. The number of aliphatic hydroxyl groups excluding tert-OH is 2. The number of likely N-dealkylation sites (N-methyl/N-ethyl adjacent to an activating group) is 1. The zero-order chi connectivity index (χ0) is 68.4. The standard InChI is InChI=1S/C43H58N4O12.C22H30Cl2N10/c1-21-12-11-13-22(2)42(55)45-33-28(20-44-47-17-15-46(9)16-18-47)37(52)30-31(38(33)53)36(51)26(6)40-32(30)41(54)43(8,59-40)57-19-14-29(56-10)23(3)39(58-27(7)48)25(5)35(50)24(4)34(21)49;23-15-5-9-17(10-6-15)31-21(27)33-19(25)29-13-3-1-2-4-14-30-20(26)34-22(28)32-18-11-7-16(24)8-12-18/h11-14,19-21,23-25,29,34-35,39,49-53H,15-18H2,1-10H3,(H,45,55);5-12H,1-4,13-14H2,(H5,25,27,29,31,33)(H5,26,28,30,32,34)/b12-11+,19-14+,22-13-,44-20+;/t21-,23+,24+,25+,29-,34-,35+,39+,43-;/m0./s1. The molecule has 1 fully saturated rings. The number of hydrogen-bond donors (Lipinski definition) is 12. The average molecular weight is 1330 g/mol. The van der Waals surface area contributed by atoms with Gasteiger partial charge in [-0.2, -0.15) is 15.1 Å². The van der Waals surface area contributed by atoms with Gasteiger partial charge in [0.2, 0.25) is 23.8 Å². The van der Waals surface area contributed by atoms with Gasteiger partial charge in [-0.1, -0.05) is 82.0 Å². The molecule has 0 spiro atoms. The molecule has 4 aliphatic rings. The minimum Gasteiger partial charge on any atom is -0.507 e. The highest BCUT2D eigenvalue weighted by molar-refractivity contribution is 6.31. The predicted octanol–water partition coefficient (Wildman–Crippen LogP) is 7.67. The summed E-state index contributed by atoms with van der Waals surface area (Å²) in [6.07, 6.45) is 8.54. The van der Waals surface area contributed by atoms with Crippen LogP contribution < -0.4 is 43.6 Å². The molecule has 93 heavy (non-hydrogen) atoms. The fraction of sp³-hybridized carbons (Fsp3) is 0.446. The van der Waals surface area contributed by atoms with E-state index in [0.717, 1.165) is 50.1 Å². The molecule has 1 amide bonds. The number of esters is 1. The molecule has 5 bridgehead atoms. The third kappa shape index (κ3) is 19.7. The average Bonchev–Trinajstić information content (AvgIpc) is 1.65. The smallest absolute Gasteiger partial charge is 0.312 e. The van der Waals surface area contributed by atoms with E-state index in [0.29, 0.717) is 36.2 Å². The number of halogens is 2. The Hall–Kier alpha value is -8.66. The number of phenolic OH excluding ortho intramolecular Hbond substituents is 3. The first-order chi connectivity index (χ1) is 44.0. The first-order valence-corrected chi connectivity index (χ1v) is 31.2. The first-order valence-electron chi connectivity index (χ1n) is 30.4. The molecule has 4 heterocycles. The van der Waals surface area contributed by atoms with Crippen LogP contribution >= 0.6 is 23.2 Å². The number of aromatic hydroxyl groups is 3. The van der Waals surface area contributed by atoms with E-state index in [9.17, 15) is 39.9 Å². The normalized spacial score (nSPS) is 25.1. The number of hydrogen-bond acceptors (Lipinski definition) is 17. The Morgan fingerprint density at radius 3 is 1.85 bits per heavy atom. The Morgan fingerprint density at radius 1 is 0.774 bits per heavy atom. The maximum absolute atomic E-state index is 14.4. The van der Waals surface area contributed by atoms with E-state index in [1.165, 1.54) is 59.4 Å². The van der Waals surface area contributed by atoms with Crippen molar-refractivity contribution in [2.75, 3.05) is 69.4 Å². The van der Waals surface area contributed by atoms with Crippen LogP contribution in [-0.4, -0.2) is 167 Å². The number of rotatable bonds is 13. The largest absolute Gasteiger partial charge is 0.507 e. The minimum atomic E-state index is -2.04. The summed E-state index contributed by atoms with van der Waals surface area (Å²) in [7, 11) is 3.42.